The van der Waals surface area contributed by atoms with E-state index in [1.54, 1.807) is 11.3 Å². The number of thiophene rings is 1. The van der Waals surface area contributed by atoms with Crippen molar-refractivity contribution in [3.63, 3.8) is 0 Å². The normalized spacial score (nSPS) is 15.4. The van der Waals surface area contributed by atoms with E-state index in [1.807, 2.05) is 0 Å². The molecular formula is C10H17BrN2S. The van der Waals surface area contributed by atoms with E-state index in [4.69, 9.17) is 5.84 Å². The standard InChI is InChI=1S/C10H17BrN2S/c1-3-4-7(2)10(13-12)8-5-9(11)14-6-8/h5-7,10,13H,3-4,12H2,1-2H3. The van der Waals surface area contributed by atoms with Crippen LogP contribution in [0.25, 0.3) is 0 Å². The van der Waals surface area contributed by atoms with E-state index in [9.17, 15) is 0 Å². The highest BCUT2D eigenvalue weighted by Crippen LogP contribution is 2.30. The van der Waals surface area contributed by atoms with Gasteiger partial charge in [-0.25, -0.2) is 0 Å². The van der Waals surface area contributed by atoms with E-state index >= 15 is 0 Å². The molecule has 1 aromatic heterocycles. The van der Waals surface area contributed by atoms with Gasteiger partial charge in [-0.05, 0) is 45.3 Å². The summed E-state index contributed by atoms with van der Waals surface area (Å²) >= 11 is 5.17. The summed E-state index contributed by atoms with van der Waals surface area (Å²) in [5.41, 5.74) is 4.18. The molecule has 0 radical (unpaired) electrons. The SMILES string of the molecule is CCCC(C)C(NN)c1csc(Br)c1. The summed E-state index contributed by atoms with van der Waals surface area (Å²) in [5, 5.41) is 2.15. The van der Waals surface area contributed by atoms with Crippen LogP contribution in [0.1, 0.15) is 38.3 Å². The van der Waals surface area contributed by atoms with Crippen LogP contribution >= 0.6 is 27.3 Å². The predicted molar refractivity (Wildman–Crippen MR) is 66.2 cm³/mol. The van der Waals surface area contributed by atoms with Crippen LogP contribution in [-0.2, 0) is 0 Å². The molecule has 0 aliphatic rings. The lowest BCUT2D eigenvalue weighted by Gasteiger charge is -2.21. The molecule has 0 saturated carbocycles. The van der Waals surface area contributed by atoms with E-state index in [0.717, 1.165) is 3.79 Å². The van der Waals surface area contributed by atoms with Crippen molar-refractivity contribution in [3.05, 3.63) is 20.8 Å². The van der Waals surface area contributed by atoms with E-state index in [1.165, 1.54) is 18.4 Å². The van der Waals surface area contributed by atoms with E-state index in [2.05, 4.69) is 46.6 Å². The summed E-state index contributed by atoms with van der Waals surface area (Å²) < 4.78 is 1.16. The number of hydrogen-bond donors (Lipinski definition) is 2. The van der Waals surface area contributed by atoms with Gasteiger partial charge in [0.25, 0.3) is 0 Å². The van der Waals surface area contributed by atoms with Gasteiger partial charge in [0.1, 0.15) is 0 Å². The van der Waals surface area contributed by atoms with Crippen LogP contribution in [-0.4, -0.2) is 0 Å². The fourth-order valence-electron chi connectivity index (χ4n) is 1.70. The van der Waals surface area contributed by atoms with Crippen LogP contribution in [0.2, 0.25) is 0 Å². The molecule has 1 aromatic rings. The molecule has 80 valence electrons. The van der Waals surface area contributed by atoms with Crippen molar-refractivity contribution < 1.29 is 0 Å². The van der Waals surface area contributed by atoms with Crippen molar-refractivity contribution in [1.82, 2.24) is 5.43 Å². The molecule has 0 fully saturated rings. The third-order valence-electron chi connectivity index (χ3n) is 2.44. The van der Waals surface area contributed by atoms with Crippen molar-refractivity contribution in [2.45, 2.75) is 32.7 Å². The van der Waals surface area contributed by atoms with Crippen LogP contribution in [0.3, 0.4) is 0 Å². The Morgan fingerprint density at radius 2 is 2.36 bits per heavy atom. The topological polar surface area (TPSA) is 38.0 Å². The van der Waals surface area contributed by atoms with Gasteiger partial charge < -0.3 is 0 Å². The third kappa shape index (κ3) is 3.05. The van der Waals surface area contributed by atoms with Crippen LogP contribution in [0.15, 0.2) is 15.2 Å². The highest BCUT2D eigenvalue weighted by atomic mass is 79.9. The van der Waals surface area contributed by atoms with Crippen molar-refractivity contribution in [2.75, 3.05) is 0 Å². The van der Waals surface area contributed by atoms with Gasteiger partial charge in [-0.1, -0.05) is 20.3 Å². The highest BCUT2D eigenvalue weighted by molar-refractivity contribution is 9.11. The van der Waals surface area contributed by atoms with Crippen LogP contribution in [0.5, 0.6) is 0 Å². The minimum absolute atomic E-state index is 0.275. The number of rotatable bonds is 5. The first-order valence-corrected chi connectivity index (χ1v) is 6.56. The molecule has 0 amide bonds. The van der Waals surface area contributed by atoms with Gasteiger partial charge in [0.05, 0.1) is 3.79 Å². The Hall–Kier alpha value is 0.100. The van der Waals surface area contributed by atoms with Crippen molar-refractivity contribution in [1.29, 1.82) is 0 Å². The summed E-state index contributed by atoms with van der Waals surface area (Å²) in [5.74, 6) is 6.16. The molecule has 0 aliphatic carbocycles. The van der Waals surface area contributed by atoms with E-state index in [0.29, 0.717) is 5.92 Å². The molecule has 0 spiro atoms. The summed E-state index contributed by atoms with van der Waals surface area (Å²) in [4.78, 5) is 0. The molecule has 0 bridgehead atoms. The molecule has 2 unspecified atom stereocenters. The summed E-state index contributed by atoms with van der Waals surface area (Å²) in [6.07, 6.45) is 2.40. The number of hydrazine groups is 1. The summed E-state index contributed by atoms with van der Waals surface area (Å²) in [7, 11) is 0. The molecule has 14 heavy (non-hydrogen) atoms. The molecule has 4 heteroatoms. The number of hydrogen-bond acceptors (Lipinski definition) is 3. The van der Waals surface area contributed by atoms with Crippen LogP contribution in [0, 0.1) is 5.92 Å². The Bertz CT molecular complexity index is 275. The van der Waals surface area contributed by atoms with Crippen LogP contribution in [0.4, 0.5) is 0 Å². The van der Waals surface area contributed by atoms with Gasteiger partial charge in [-0.3, -0.25) is 11.3 Å². The molecule has 2 nitrogen and oxygen atoms in total. The Kier molecular flexibility index (Phi) is 5.09. The fraction of sp³-hybridized carbons (Fsp3) is 0.600. The van der Waals surface area contributed by atoms with E-state index in [-0.39, 0.29) is 6.04 Å². The maximum atomic E-state index is 5.58. The van der Waals surface area contributed by atoms with Gasteiger partial charge in [-0.2, -0.15) is 0 Å². The Morgan fingerprint density at radius 1 is 1.64 bits per heavy atom. The molecule has 2 atom stereocenters. The van der Waals surface area contributed by atoms with Gasteiger partial charge in [0.2, 0.25) is 0 Å². The molecular weight excluding hydrogens is 260 g/mol. The molecule has 1 rings (SSSR count). The first kappa shape index (κ1) is 12.2. The molecule has 0 aromatic carbocycles. The zero-order valence-electron chi connectivity index (χ0n) is 8.59. The Labute approximate surface area is 98.0 Å². The lowest BCUT2D eigenvalue weighted by atomic mass is 9.93. The maximum absolute atomic E-state index is 5.58. The lowest BCUT2D eigenvalue weighted by molar-refractivity contribution is 0.369. The number of nitrogens with one attached hydrogen (secondary N) is 1. The molecule has 3 N–H and O–H groups in total. The van der Waals surface area contributed by atoms with E-state index < -0.39 is 0 Å². The van der Waals surface area contributed by atoms with Crippen molar-refractivity contribution in [2.24, 2.45) is 11.8 Å². The largest absolute Gasteiger partial charge is 0.271 e. The fourth-order valence-corrected chi connectivity index (χ4v) is 2.91. The average molecular weight is 277 g/mol. The Balaban J connectivity index is 2.71. The average Bonchev–Trinajstić information content (AvgIpc) is 2.54. The number of nitrogens with two attached hydrogens (primary N) is 1. The zero-order chi connectivity index (χ0) is 10.6. The second-order valence-electron chi connectivity index (χ2n) is 3.59. The summed E-state index contributed by atoms with van der Waals surface area (Å²) in [6, 6.07) is 2.42. The maximum Gasteiger partial charge on any atom is 0.0701 e. The second-order valence-corrected chi connectivity index (χ2v) is 5.88. The predicted octanol–water partition coefficient (Wildman–Crippen LogP) is 3.45. The quantitative estimate of drug-likeness (QED) is 0.639. The second kappa shape index (κ2) is 5.85. The molecule has 1 heterocycles. The smallest absolute Gasteiger partial charge is 0.0701 e. The van der Waals surface area contributed by atoms with Gasteiger partial charge in [0.15, 0.2) is 0 Å². The van der Waals surface area contributed by atoms with Crippen LogP contribution < -0.4 is 11.3 Å². The minimum atomic E-state index is 0.275. The molecule has 0 saturated heterocycles. The first-order chi connectivity index (χ1) is 6.69. The lowest BCUT2D eigenvalue weighted by Crippen LogP contribution is -2.32. The molecule has 0 aliphatic heterocycles. The summed E-state index contributed by atoms with van der Waals surface area (Å²) in [6.45, 7) is 4.44. The zero-order valence-corrected chi connectivity index (χ0v) is 11.0. The van der Waals surface area contributed by atoms with Gasteiger partial charge >= 0.3 is 0 Å². The minimum Gasteiger partial charge on any atom is -0.271 e. The monoisotopic (exact) mass is 276 g/mol. The Morgan fingerprint density at radius 3 is 2.79 bits per heavy atom. The third-order valence-corrected chi connectivity index (χ3v) is 3.96. The van der Waals surface area contributed by atoms with Gasteiger partial charge in [0, 0.05) is 6.04 Å². The van der Waals surface area contributed by atoms with Gasteiger partial charge in [-0.15, -0.1) is 11.3 Å². The first-order valence-electron chi connectivity index (χ1n) is 4.89. The highest BCUT2D eigenvalue weighted by Gasteiger charge is 2.18. The van der Waals surface area contributed by atoms with Crippen molar-refractivity contribution in [3.8, 4) is 0 Å². The number of halogens is 1. The van der Waals surface area contributed by atoms with Crippen molar-refractivity contribution >= 4 is 27.3 Å².